The smallest absolute Gasteiger partial charge is 0.243 e. The number of aromatic nitrogens is 1. The summed E-state index contributed by atoms with van der Waals surface area (Å²) >= 11 is 0. The van der Waals surface area contributed by atoms with Gasteiger partial charge in [-0.25, -0.2) is 5.06 Å². The molecule has 0 aliphatic heterocycles. The third kappa shape index (κ3) is 6.10. The normalized spacial score (nSPS) is 11.8. The molecule has 0 saturated heterocycles. The topological polar surface area (TPSA) is 115 Å². The number of fused-ring (bicyclic) bond motifs is 1. The highest BCUT2D eigenvalue weighted by molar-refractivity contribution is 5.90. The Bertz CT molecular complexity index is 774. The van der Waals surface area contributed by atoms with Crippen LogP contribution in [0.4, 0.5) is 0 Å². The van der Waals surface area contributed by atoms with Crippen molar-refractivity contribution < 1.29 is 19.6 Å². The molecule has 3 amide bonds. The van der Waals surface area contributed by atoms with Gasteiger partial charge in [-0.05, 0) is 18.1 Å². The molecular weight excluding hydrogens is 348 g/mol. The number of hydrazine groups is 1. The Hall–Kier alpha value is -2.87. The molecule has 4 N–H and O–H groups in total. The van der Waals surface area contributed by atoms with Crippen molar-refractivity contribution >= 4 is 29.1 Å². The lowest BCUT2D eigenvalue weighted by molar-refractivity contribution is -0.155. The lowest BCUT2D eigenvalue weighted by Gasteiger charge is -2.19. The summed E-state index contributed by atoms with van der Waals surface area (Å²) in [7, 11) is 0. The predicted molar refractivity (Wildman–Crippen MR) is 100 cm³/mol. The maximum atomic E-state index is 12.3. The van der Waals surface area contributed by atoms with Gasteiger partial charge in [0.25, 0.3) is 0 Å². The van der Waals surface area contributed by atoms with Crippen LogP contribution in [0.15, 0.2) is 30.5 Å². The second kappa shape index (κ2) is 10.3. The molecule has 2 aromatic rings. The van der Waals surface area contributed by atoms with E-state index in [-0.39, 0.29) is 25.3 Å². The fourth-order valence-corrected chi connectivity index (χ4v) is 2.94. The van der Waals surface area contributed by atoms with E-state index in [4.69, 9.17) is 0 Å². The molecule has 1 heterocycles. The minimum Gasteiger partial charge on any atom is -0.361 e. The van der Waals surface area contributed by atoms with Crippen LogP contribution in [0, 0.1) is 5.92 Å². The summed E-state index contributed by atoms with van der Waals surface area (Å²) in [5, 5.41) is 10.8. The van der Waals surface area contributed by atoms with Crippen LogP contribution >= 0.6 is 0 Å². The van der Waals surface area contributed by atoms with Crippen LogP contribution in [0.25, 0.3) is 10.9 Å². The summed E-state index contributed by atoms with van der Waals surface area (Å²) < 4.78 is 0. The minimum absolute atomic E-state index is 0.114. The Morgan fingerprint density at radius 1 is 1.26 bits per heavy atom. The predicted octanol–water partition coefficient (Wildman–Crippen LogP) is 1.90. The van der Waals surface area contributed by atoms with E-state index < -0.39 is 11.8 Å². The van der Waals surface area contributed by atoms with E-state index in [1.54, 1.807) is 6.20 Å². The number of carbonyl (C=O) groups is 3. The molecule has 27 heavy (non-hydrogen) atoms. The number of carbonyl (C=O) groups excluding carboxylic acids is 3. The van der Waals surface area contributed by atoms with E-state index in [0.29, 0.717) is 11.5 Å². The lowest BCUT2D eigenvalue weighted by Crippen LogP contribution is -2.47. The van der Waals surface area contributed by atoms with Crippen molar-refractivity contribution in [3.8, 4) is 0 Å². The van der Waals surface area contributed by atoms with Gasteiger partial charge in [0.15, 0.2) is 0 Å². The number of hydrogen-bond donors (Lipinski definition) is 4. The first kappa shape index (κ1) is 20.4. The first-order valence-electron chi connectivity index (χ1n) is 9.09. The maximum absolute atomic E-state index is 12.3. The third-order valence-corrected chi connectivity index (χ3v) is 4.41. The van der Waals surface area contributed by atoms with Gasteiger partial charge in [-0.2, -0.15) is 0 Å². The molecule has 0 bridgehead atoms. The average molecular weight is 374 g/mol. The van der Waals surface area contributed by atoms with Crippen LogP contribution in [0.1, 0.15) is 38.2 Å². The SMILES string of the molecule is CCCCC[C@H](CN(O)C=O)C(=O)NNC(=O)Cc1c[nH]c2ccccc12. The number of rotatable bonds is 10. The van der Waals surface area contributed by atoms with E-state index in [0.717, 1.165) is 35.7 Å². The average Bonchev–Trinajstić information content (AvgIpc) is 3.08. The fourth-order valence-electron chi connectivity index (χ4n) is 2.94. The molecule has 0 radical (unpaired) electrons. The number of H-pyrrole nitrogens is 1. The van der Waals surface area contributed by atoms with Gasteiger partial charge in [0, 0.05) is 17.1 Å². The molecule has 0 spiro atoms. The molecule has 8 heteroatoms. The standard InChI is InChI=1S/C19H26N4O4/c1-2-3-4-7-14(12-23(27)13-24)19(26)22-21-18(25)10-15-11-20-17-9-6-5-8-16(15)17/h5-6,8-9,11,13-14,20,27H,2-4,7,10,12H2,1H3,(H,21,25)(H,22,26)/t14-/m1/s1. The second-order valence-corrected chi connectivity index (χ2v) is 6.49. The summed E-state index contributed by atoms with van der Waals surface area (Å²) in [5.74, 6) is -1.38. The first-order chi connectivity index (χ1) is 13.0. The van der Waals surface area contributed by atoms with Crippen molar-refractivity contribution in [2.24, 2.45) is 5.92 Å². The van der Waals surface area contributed by atoms with Crippen molar-refractivity contribution in [2.75, 3.05) is 6.54 Å². The van der Waals surface area contributed by atoms with E-state index >= 15 is 0 Å². The van der Waals surface area contributed by atoms with Crippen LogP contribution in [-0.2, 0) is 20.8 Å². The van der Waals surface area contributed by atoms with Crippen molar-refractivity contribution in [1.82, 2.24) is 20.9 Å². The van der Waals surface area contributed by atoms with Gasteiger partial charge in [-0.1, -0.05) is 44.4 Å². The summed E-state index contributed by atoms with van der Waals surface area (Å²) in [5.41, 5.74) is 6.58. The van der Waals surface area contributed by atoms with Crippen molar-refractivity contribution in [1.29, 1.82) is 0 Å². The zero-order valence-corrected chi connectivity index (χ0v) is 15.4. The third-order valence-electron chi connectivity index (χ3n) is 4.41. The molecule has 0 saturated carbocycles. The number of hydrogen-bond acceptors (Lipinski definition) is 4. The molecule has 0 aliphatic carbocycles. The van der Waals surface area contributed by atoms with Crippen LogP contribution in [-0.4, -0.2) is 40.0 Å². The minimum atomic E-state index is -0.597. The molecule has 146 valence electrons. The summed E-state index contributed by atoms with van der Waals surface area (Å²) in [6.07, 6.45) is 5.40. The highest BCUT2D eigenvalue weighted by Crippen LogP contribution is 2.18. The maximum Gasteiger partial charge on any atom is 0.243 e. The highest BCUT2D eigenvalue weighted by atomic mass is 16.5. The Balaban J connectivity index is 1.88. The van der Waals surface area contributed by atoms with Gasteiger partial charge >= 0.3 is 0 Å². The number of benzene rings is 1. The zero-order chi connectivity index (χ0) is 19.6. The van der Waals surface area contributed by atoms with Gasteiger partial charge in [0.2, 0.25) is 18.2 Å². The van der Waals surface area contributed by atoms with Gasteiger partial charge in [0.05, 0.1) is 18.9 Å². The van der Waals surface area contributed by atoms with Crippen molar-refractivity contribution in [2.45, 2.75) is 39.0 Å². The molecule has 1 atom stereocenters. The van der Waals surface area contributed by atoms with E-state index in [1.165, 1.54) is 0 Å². The second-order valence-electron chi connectivity index (χ2n) is 6.49. The van der Waals surface area contributed by atoms with Crippen LogP contribution < -0.4 is 10.9 Å². The van der Waals surface area contributed by atoms with Crippen molar-refractivity contribution in [3.63, 3.8) is 0 Å². The number of hydroxylamine groups is 2. The monoisotopic (exact) mass is 374 g/mol. The molecule has 0 aliphatic rings. The van der Waals surface area contributed by atoms with Crippen LogP contribution in [0.2, 0.25) is 0 Å². The summed E-state index contributed by atoms with van der Waals surface area (Å²) in [6, 6.07) is 7.65. The Labute approximate surface area is 157 Å². The zero-order valence-electron chi connectivity index (χ0n) is 15.4. The molecule has 8 nitrogen and oxygen atoms in total. The quantitative estimate of drug-likeness (QED) is 0.220. The van der Waals surface area contributed by atoms with E-state index in [2.05, 4.69) is 15.8 Å². The highest BCUT2D eigenvalue weighted by Gasteiger charge is 2.21. The van der Waals surface area contributed by atoms with E-state index in [9.17, 15) is 19.6 Å². The molecule has 0 fully saturated rings. The number of para-hydroxylation sites is 1. The van der Waals surface area contributed by atoms with Gasteiger partial charge in [-0.15, -0.1) is 0 Å². The molecule has 0 unspecified atom stereocenters. The lowest BCUT2D eigenvalue weighted by atomic mass is 10.0. The van der Waals surface area contributed by atoms with Crippen molar-refractivity contribution in [3.05, 3.63) is 36.0 Å². The summed E-state index contributed by atoms with van der Waals surface area (Å²) in [4.78, 5) is 38.2. The van der Waals surface area contributed by atoms with Crippen LogP contribution in [0.3, 0.4) is 0 Å². The Morgan fingerprint density at radius 3 is 2.78 bits per heavy atom. The number of amides is 3. The first-order valence-corrected chi connectivity index (χ1v) is 9.09. The fraction of sp³-hybridized carbons (Fsp3) is 0.421. The van der Waals surface area contributed by atoms with Gasteiger partial charge < -0.3 is 4.98 Å². The van der Waals surface area contributed by atoms with Gasteiger partial charge in [0.1, 0.15) is 0 Å². The summed E-state index contributed by atoms with van der Waals surface area (Å²) in [6.45, 7) is 1.93. The van der Waals surface area contributed by atoms with Crippen LogP contribution in [0.5, 0.6) is 0 Å². The molecule has 1 aromatic carbocycles. The van der Waals surface area contributed by atoms with Gasteiger partial charge in [-0.3, -0.25) is 30.4 Å². The molecule has 2 rings (SSSR count). The molecule has 1 aromatic heterocycles. The number of nitrogens with zero attached hydrogens (tertiary/aromatic N) is 1. The number of unbranched alkanes of at least 4 members (excludes halogenated alkanes) is 2. The largest absolute Gasteiger partial charge is 0.361 e. The Kier molecular flexibility index (Phi) is 7.81. The van der Waals surface area contributed by atoms with E-state index in [1.807, 2.05) is 31.2 Å². The molecular formula is C19H26N4O4. The Morgan fingerprint density at radius 2 is 2.04 bits per heavy atom. The number of aromatic amines is 1. The number of nitrogens with one attached hydrogen (secondary N) is 3.